The molecule has 0 aliphatic rings. The minimum absolute atomic E-state index is 0.0920. The van der Waals surface area contributed by atoms with Crippen LogP contribution in [-0.2, 0) is 19.6 Å². The summed E-state index contributed by atoms with van der Waals surface area (Å²) in [6.45, 7) is 3.56. The molecule has 0 bridgehead atoms. The van der Waals surface area contributed by atoms with Gasteiger partial charge in [0, 0.05) is 5.69 Å². The van der Waals surface area contributed by atoms with Crippen molar-refractivity contribution >= 4 is 33.3 Å². The van der Waals surface area contributed by atoms with Crippen LogP contribution >= 0.6 is 0 Å². The average molecular weight is 404 g/mol. The third-order valence-corrected chi connectivity index (χ3v) is 5.23. The fourth-order valence-electron chi connectivity index (χ4n) is 2.72. The SMILES string of the molecule is COC(=O)c1ccc(NC(=O)CN(c2ccccc2C(C)C)S(C)(=O)=O)cc1. The summed E-state index contributed by atoms with van der Waals surface area (Å²) in [6.07, 6.45) is 1.07. The van der Waals surface area contributed by atoms with E-state index in [1.165, 1.54) is 19.2 Å². The normalized spacial score (nSPS) is 11.2. The van der Waals surface area contributed by atoms with Gasteiger partial charge < -0.3 is 10.1 Å². The highest BCUT2D eigenvalue weighted by Gasteiger charge is 2.24. The van der Waals surface area contributed by atoms with Crippen LogP contribution in [0.2, 0.25) is 0 Å². The van der Waals surface area contributed by atoms with Crippen LogP contribution in [0.25, 0.3) is 0 Å². The van der Waals surface area contributed by atoms with Gasteiger partial charge in [0.25, 0.3) is 0 Å². The molecular formula is C20H24N2O5S. The molecule has 0 fully saturated rings. The predicted octanol–water partition coefficient (Wildman–Crippen LogP) is 3.00. The number of esters is 1. The lowest BCUT2D eigenvalue weighted by Crippen LogP contribution is -2.38. The number of sulfonamides is 1. The number of nitrogens with zero attached hydrogens (tertiary/aromatic N) is 1. The van der Waals surface area contributed by atoms with Crippen molar-refractivity contribution < 1.29 is 22.7 Å². The maximum atomic E-state index is 12.5. The van der Waals surface area contributed by atoms with Gasteiger partial charge in [0.2, 0.25) is 15.9 Å². The largest absolute Gasteiger partial charge is 0.465 e. The highest BCUT2D eigenvalue weighted by atomic mass is 32.2. The summed E-state index contributed by atoms with van der Waals surface area (Å²) in [5.41, 5.74) is 2.12. The highest BCUT2D eigenvalue weighted by Crippen LogP contribution is 2.28. The van der Waals surface area contributed by atoms with Crippen molar-refractivity contribution in [3.8, 4) is 0 Å². The van der Waals surface area contributed by atoms with Crippen LogP contribution in [0, 0.1) is 0 Å². The summed E-state index contributed by atoms with van der Waals surface area (Å²) in [6, 6.07) is 13.3. The smallest absolute Gasteiger partial charge is 0.337 e. The molecule has 0 aromatic heterocycles. The highest BCUT2D eigenvalue weighted by molar-refractivity contribution is 7.92. The Morgan fingerprint density at radius 2 is 1.68 bits per heavy atom. The Hall–Kier alpha value is -2.87. The van der Waals surface area contributed by atoms with Crippen LogP contribution in [0.1, 0.15) is 35.7 Å². The molecule has 7 nitrogen and oxygen atoms in total. The molecule has 0 heterocycles. The molecule has 0 saturated heterocycles. The minimum Gasteiger partial charge on any atom is -0.465 e. The van der Waals surface area contributed by atoms with Crippen molar-refractivity contribution in [1.29, 1.82) is 0 Å². The van der Waals surface area contributed by atoms with E-state index >= 15 is 0 Å². The predicted molar refractivity (Wildman–Crippen MR) is 109 cm³/mol. The number of hydrogen-bond donors (Lipinski definition) is 1. The lowest BCUT2D eigenvalue weighted by molar-refractivity contribution is -0.114. The number of benzene rings is 2. The number of methoxy groups -OCH3 is 1. The molecule has 0 radical (unpaired) electrons. The van der Waals surface area contributed by atoms with Gasteiger partial charge in [0.05, 0.1) is 24.6 Å². The van der Waals surface area contributed by atoms with E-state index in [1.54, 1.807) is 24.3 Å². The minimum atomic E-state index is -3.67. The first kappa shape index (κ1) is 21.4. The Bertz CT molecular complexity index is 953. The molecule has 28 heavy (non-hydrogen) atoms. The summed E-state index contributed by atoms with van der Waals surface area (Å²) in [4.78, 5) is 24.0. The molecule has 0 aliphatic heterocycles. The number of hydrogen-bond acceptors (Lipinski definition) is 5. The Morgan fingerprint density at radius 1 is 1.07 bits per heavy atom. The molecule has 0 saturated carbocycles. The first-order valence-corrected chi connectivity index (χ1v) is 10.5. The molecule has 8 heteroatoms. The zero-order chi connectivity index (χ0) is 20.9. The van der Waals surface area contributed by atoms with Gasteiger partial charge in [-0.25, -0.2) is 13.2 Å². The zero-order valence-electron chi connectivity index (χ0n) is 16.3. The van der Waals surface area contributed by atoms with E-state index in [9.17, 15) is 18.0 Å². The van der Waals surface area contributed by atoms with Crippen LogP contribution in [0.3, 0.4) is 0 Å². The molecule has 0 aliphatic carbocycles. The molecule has 150 valence electrons. The first-order chi connectivity index (χ1) is 13.1. The molecule has 0 atom stereocenters. The monoisotopic (exact) mass is 404 g/mol. The lowest BCUT2D eigenvalue weighted by Gasteiger charge is -2.25. The molecular weight excluding hydrogens is 380 g/mol. The number of anilines is 2. The van der Waals surface area contributed by atoms with Gasteiger partial charge in [-0.2, -0.15) is 0 Å². The van der Waals surface area contributed by atoms with Crippen LogP contribution in [0.5, 0.6) is 0 Å². The maximum absolute atomic E-state index is 12.5. The Balaban J connectivity index is 2.22. The van der Waals surface area contributed by atoms with Gasteiger partial charge in [-0.3, -0.25) is 9.10 Å². The average Bonchev–Trinajstić information content (AvgIpc) is 2.65. The molecule has 2 rings (SSSR count). The zero-order valence-corrected chi connectivity index (χ0v) is 17.1. The van der Waals surface area contributed by atoms with E-state index in [1.807, 2.05) is 26.0 Å². The molecule has 1 amide bonds. The van der Waals surface area contributed by atoms with Crippen molar-refractivity contribution in [2.24, 2.45) is 0 Å². The number of rotatable bonds is 7. The van der Waals surface area contributed by atoms with Gasteiger partial charge in [-0.15, -0.1) is 0 Å². The summed E-state index contributed by atoms with van der Waals surface area (Å²) in [7, 11) is -2.39. The van der Waals surface area contributed by atoms with Gasteiger partial charge >= 0.3 is 5.97 Å². The van der Waals surface area contributed by atoms with Crippen LogP contribution in [-0.4, -0.2) is 40.2 Å². The third-order valence-electron chi connectivity index (χ3n) is 4.10. The number of para-hydroxylation sites is 1. The Kier molecular flexibility index (Phi) is 6.80. The third kappa shape index (κ3) is 5.32. The topological polar surface area (TPSA) is 92.8 Å². The van der Waals surface area contributed by atoms with E-state index in [0.29, 0.717) is 16.9 Å². The van der Waals surface area contributed by atoms with E-state index < -0.39 is 21.9 Å². The molecule has 0 spiro atoms. The molecule has 0 unspecified atom stereocenters. The maximum Gasteiger partial charge on any atom is 0.337 e. The second-order valence-corrected chi connectivity index (χ2v) is 8.51. The number of amides is 1. The van der Waals surface area contributed by atoms with Gasteiger partial charge in [-0.1, -0.05) is 32.0 Å². The van der Waals surface area contributed by atoms with Gasteiger partial charge in [-0.05, 0) is 41.8 Å². The first-order valence-electron chi connectivity index (χ1n) is 8.68. The molecule has 2 aromatic rings. The second kappa shape index (κ2) is 8.88. The quantitative estimate of drug-likeness (QED) is 0.716. The summed E-state index contributed by atoms with van der Waals surface area (Å²) >= 11 is 0. The summed E-state index contributed by atoms with van der Waals surface area (Å²) in [5.74, 6) is -0.879. The Labute approximate surface area is 165 Å². The fourth-order valence-corrected chi connectivity index (χ4v) is 3.60. The lowest BCUT2D eigenvalue weighted by atomic mass is 10.0. The van der Waals surface area contributed by atoms with Crippen LogP contribution in [0.4, 0.5) is 11.4 Å². The Morgan fingerprint density at radius 3 is 2.21 bits per heavy atom. The summed E-state index contributed by atoms with van der Waals surface area (Å²) < 4.78 is 30.4. The standard InChI is InChI=1S/C20H24N2O5S/c1-14(2)17-7-5-6-8-18(17)22(28(4,25)26)13-19(23)21-16-11-9-15(10-12-16)20(24)27-3/h5-12,14H,13H2,1-4H3,(H,21,23). The van der Waals surface area contributed by atoms with Crippen molar-refractivity contribution in [2.75, 3.05) is 29.5 Å². The van der Waals surface area contributed by atoms with Gasteiger partial charge in [0.15, 0.2) is 0 Å². The van der Waals surface area contributed by atoms with E-state index in [-0.39, 0.29) is 12.5 Å². The number of carbonyl (C=O) groups is 2. The van der Waals surface area contributed by atoms with E-state index in [4.69, 9.17) is 0 Å². The molecule has 2 aromatic carbocycles. The van der Waals surface area contributed by atoms with Crippen LogP contribution in [0.15, 0.2) is 48.5 Å². The number of ether oxygens (including phenoxy) is 1. The van der Waals surface area contributed by atoms with Crippen molar-refractivity contribution in [3.63, 3.8) is 0 Å². The number of carbonyl (C=O) groups excluding carboxylic acids is 2. The number of nitrogens with one attached hydrogen (secondary N) is 1. The van der Waals surface area contributed by atoms with Gasteiger partial charge in [0.1, 0.15) is 6.54 Å². The second-order valence-electron chi connectivity index (χ2n) is 6.60. The van der Waals surface area contributed by atoms with E-state index in [0.717, 1.165) is 16.1 Å². The van der Waals surface area contributed by atoms with Crippen molar-refractivity contribution in [2.45, 2.75) is 19.8 Å². The van der Waals surface area contributed by atoms with Crippen molar-refractivity contribution in [3.05, 3.63) is 59.7 Å². The van der Waals surface area contributed by atoms with Crippen LogP contribution < -0.4 is 9.62 Å². The fraction of sp³-hybridized carbons (Fsp3) is 0.300. The molecule has 1 N–H and O–H groups in total. The van der Waals surface area contributed by atoms with Crippen molar-refractivity contribution in [1.82, 2.24) is 0 Å². The summed E-state index contributed by atoms with van der Waals surface area (Å²) in [5, 5.41) is 2.65. The van der Waals surface area contributed by atoms with E-state index in [2.05, 4.69) is 10.1 Å².